The molecule has 1 aromatic heterocycles. The highest BCUT2D eigenvalue weighted by Crippen LogP contribution is 2.33. The molecule has 8 heteroatoms. The number of nitrogens with zero attached hydrogens (tertiary/aromatic N) is 3. The summed E-state index contributed by atoms with van der Waals surface area (Å²) in [6, 6.07) is 14.4. The van der Waals surface area contributed by atoms with Gasteiger partial charge in [-0.2, -0.15) is 0 Å². The van der Waals surface area contributed by atoms with Crippen LogP contribution in [-0.2, 0) is 9.59 Å². The topological polar surface area (TPSA) is 60.9 Å². The van der Waals surface area contributed by atoms with Crippen LogP contribution in [0.15, 0.2) is 52.7 Å². The van der Waals surface area contributed by atoms with E-state index in [-0.39, 0.29) is 29.6 Å². The van der Waals surface area contributed by atoms with Crippen LogP contribution in [0.1, 0.15) is 23.4 Å². The van der Waals surface area contributed by atoms with Crippen molar-refractivity contribution >= 4 is 46.2 Å². The van der Waals surface area contributed by atoms with Gasteiger partial charge in [0.25, 0.3) is 11.1 Å². The van der Waals surface area contributed by atoms with Gasteiger partial charge in [0, 0.05) is 37.1 Å². The molecule has 2 fully saturated rings. The summed E-state index contributed by atoms with van der Waals surface area (Å²) in [6.45, 7) is 4.70. The minimum Gasteiger partial charge on any atom is -0.339 e. The third kappa shape index (κ3) is 4.50. The highest BCUT2D eigenvalue weighted by atomic mass is 32.2. The van der Waals surface area contributed by atoms with Crippen LogP contribution in [0.2, 0.25) is 0 Å². The number of carbonyl (C=O) groups is 3. The summed E-state index contributed by atoms with van der Waals surface area (Å²) >= 11 is 2.40. The average molecular weight is 442 g/mol. The summed E-state index contributed by atoms with van der Waals surface area (Å²) in [6.07, 6.45) is 1.71. The highest BCUT2D eigenvalue weighted by Gasteiger charge is 2.37. The van der Waals surface area contributed by atoms with E-state index in [1.165, 1.54) is 16.9 Å². The van der Waals surface area contributed by atoms with Crippen LogP contribution in [0, 0.1) is 0 Å². The van der Waals surface area contributed by atoms with Gasteiger partial charge in [-0.1, -0.05) is 36.4 Å². The van der Waals surface area contributed by atoms with E-state index in [0.29, 0.717) is 18.0 Å². The van der Waals surface area contributed by atoms with Crippen LogP contribution in [0.4, 0.5) is 4.79 Å². The number of piperazine rings is 1. The number of carbonyl (C=O) groups excluding carboxylic acids is 3. The number of amides is 3. The smallest absolute Gasteiger partial charge is 0.294 e. The van der Waals surface area contributed by atoms with Crippen LogP contribution in [-0.4, -0.2) is 64.5 Å². The van der Waals surface area contributed by atoms with Crippen LogP contribution in [0.5, 0.6) is 0 Å². The van der Waals surface area contributed by atoms with Crippen molar-refractivity contribution in [3.63, 3.8) is 0 Å². The summed E-state index contributed by atoms with van der Waals surface area (Å²) in [5, 5.41) is 1.53. The van der Waals surface area contributed by atoms with Crippen molar-refractivity contribution in [1.82, 2.24) is 14.7 Å². The monoisotopic (exact) mass is 441 g/mol. The Hall–Kier alpha value is -2.42. The lowest BCUT2D eigenvalue weighted by Gasteiger charge is -2.38. The average Bonchev–Trinajstić information content (AvgIpc) is 3.38. The third-order valence-electron chi connectivity index (χ3n) is 5.48. The normalized spacial score (nSPS) is 20.2. The van der Waals surface area contributed by atoms with Crippen LogP contribution >= 0.6 is 23.1 Å². The first-order chi connectivity index (χ1) is 14.5. The molecule has 2 saturated heterocycles. The van der Waals surface area contributed by atoms with Gasteiger partial charge in [0.2, 0.25) is 5.91 Å². The Labute approximate surface area is 184 Å². The summed E-state index contributed by atoms with van der Waals surface area (Å²) in [7, 11) is 0. The van der Waals surface area contributed by atoms with Gasteiger partial charge in [0.15, 0.2) is 0 Å². The number of benzene rings is 1. The largest absolute Gasteiger partial charge is 0.339 e. The molecule has 0 spiro atoms. The van der Waals surface area contributed by atoms with Crippen molar-refractivity contribution in [3.05, 3.63) is 63.2 Å². The van der Waals surface area contributed by atoms with Crippen LogP contribution in [0.3, 0.4) is 0 Å². The third-order valence-corrected chi connectivity index (χ3v) is 7.21. The van der Waals surface area contributed by atoms with Gasteiger partial charge in [-0.3, -0.25) is 24.2 Å². The summed E-state index contributed by atoms with van der Waals surface area (Å²) in [4.78, 5) is 44.1. The Morgan fingerprint density at radius 3 is 2.47 bits per heavy atom. The van der Waals surface area contributed by atoms with E-state index in [0.717, 1.165) is 34.6 Å². The van der Waals surface area contributed by atoms with Gasteiger partial charge in [-0.25, -0.2) is 0 Å². The number of thiophene rings is 1. The predicted molar refractivity (Wildman–Crippen MR) is 120 cm³/mol. The first-order valence-corrected chi connectivity index (χ1v) is 11.6. The Morgan fingerprint density at radius 1 is 1.07 bits per heavy atom. The molecule has 2 aromatic rings. The first-order valence-electron chi connectivity index (χ1n) is 9.88. The first kappa shape index (κ1) is 20.8. The number of imide groups is 1. The maximum absolute atomic E-state index is 12.7. The van der Waals surface area contributed by atoms with Crippen LogP contribution in [0.25, 0.3) is 6.08 Å². The lowest BCUT2D eigenvalue weighted by Crippen LogP contribution is -2.52. The second-order valence-corrected chi connectivity index (χ2v) is 9.26. The molecule has 2 aliphatic rings. The molecule has 3 heterocycles. The van der Waals surface area contributed by atoms with Crippen molar-refractivity contribution in [2.75, 3.05) is 32.7 Å². The second kappa shape index (κ2) is 9.16. The fourth-order valence-electron chi connectivity index (χ4n) is 3.68. The molecular formula is C22H23N3O3S2. The molecule has 0 bridgehead atoms. The molecule has 3 amide bonds. The lowest BCUT2D eigenvalue weighted by atomic mass is 10.1. The molecule has 0 N–H and O–H groups in total. The van der Waals surface area contributed by atoms with Crippen molar-refractivity contribution in [2.24, 2.45) is 0 Å². The minimum atomic E-state index is -0.386. The van der Waals surface area contributed by atoms with E-state index in [4.69, 9.17) is 0 Å². The molecule has 4 rings (SSSR count). The fraction of sp³-hybridized carbons (Fsp3) is 0.318. The zero-order valence-corrected chi connectivity index (χ0v) is 18.3. The van der Waals surface area contributed by atoms with E-state index in [1.54, 1.807) is 11.0 Å². The fourth-order valence-corrected chi connectivity index (χ4v) is 5.24. The predicted octanol–water partition coefficient (Wildman–Crippen LogP) is 3.69. The van der Waals surface area contributed by atoms with E-state index >= 15 is 0 Å². The molecular weight excluding hydrogens is 418 g/mol. The summed E-state index contributed by atoms with van der Waals surface area (Å²) < 4.78 is 0. The van der Waals surface area contributed by atoms with Gasteiger partial charge in [0.05, 0.1) is 4.91 Å². The van der Waals surface area contributed by atoms with Gasteiger partial charge < -0.3 is 4.90 Å². The molecule has 0 aliphatic carbocycles. The Bertz CT molecular complexity index is 951. The zero-order chi connectivity index (χ0) is 21.1. The van der Waals surface area contributed by atoms with E-state index in [2.05, 4.69) is 24.0 Å². The Kier molecular flexibility index (Phi) is 6.36. The highest BCUT2D eigenvalue weighted by molar-refractivity contribution is 8.18. The van der Waals surface area contributed by atoms with Gasteiger partial charge >= 0.3 is 0 Å². The molecule has 2 aliphatic heterocycles. The quantitative estimate of drug-likeness (QED) is 0.663. The SMILES string of the molecule is CC(c1ccccc1)N1CCN(C(=O)CN2C(=O)S/C(=C\c3cccs3)C2=O)CC1. The molecule has 30 heavy (non-hydrogen) atoms. The van der Waals surface area contributed by atoms with Crippen molar-refractivity contribution in [2.45, 2.75) is 13.0 Å². The molecule has 1 unspecified atom stereocenters. The van der Waals surface area contributed by atoms with E-state index in [9.17, 15) is 14.4 Å². The van der Waals surface area contributed by atoms with E-state index < -0.39 is 0 Å². The van der Waals surface area contributed by atoms with Gasteiger partial charge in [0.1, 0.15) is 6.54 Å². The zero-order valence-electron chi connectivity index (χ0n) is 16.7. The van der Waals surface area contributed by atoms with E-state index in [1.807, 2.05) is 35.7 Å². The number of rotatable bonds is 5. The molecule has 0 saturated carbocycles. The lowest BCUT2D eigenvalue weighted by molar-refractivity contribution is -0.137. The van der Waals surface area contributed by atoms with Crippen molar-refractivity contribution in [3.8, 4) is 0 Å². The van der Waals surface area contributed by atoms with Crippen molar-refractivity contribution in [1.29, 1.82) is 0 Å². The molecule has 1 aromatic carbocycles. The summed E-state index contributed by atoms with van der Waals surface area (Å²) in [5.41, 5.74) is 1.26. The Morgan fingerprint density at radius 2 is 1.80 bits per heavy atom. The molecule has 0 radical (unpaired) electrons. The van der Waals surface area contributed by atoms with Crippen LogP contribution < -0.4 is 0 Å². The number of hydrogen-bond donors (Lipinski definition) is 0. The molecule has 156 valence electrons. The van der Waals surface area contributed by atoms with Gasteiger partial charge in [-0.05, 0) is 41.8 Å². The maximum Gasteiger partial charge on any atom is 0.294 e. The standard InChI is InChI=1S/C22H23N3O3S2/c1-16(17-6-3-2-4-7-17)23-9-11-24(12-10-23)20(26)15-25-21(27)19(30-22(25)28)14-18-8-5-13-29-18/h2-8,13-14,16H,9-12,15H2,1H3/b19-14-. The molecule has 6 nitrogen and oxygen atoms in total. The minimum absolute atomic E-state index is 0.179. The maximum atomic E-state index is 12.7. The molecule has 1 atom stereocenters. The van der Waals surface area contributed by atoms with Gasteiger partial charge in [-0.15, -0.1) is 11.3 Å². The Balaban J connectivity index is 1.33. The van der Waals surface area contributed by atoms with Crippen molar-refractivity contribution < 1.29 is 14.4 Å². The summed E-state index contributed by atoms with van der Waals surface area (Å²) in [5.74, 6) is -0.565. The number of thioether (sulfide) groups is 1. The number of hydrogen-bond acceptors (Lipinski definition) is 6. The second-order valence-electron chi connectivity index (χ2n) is 7.29.